The number of likely N-dealkylation sites (tertiary alicyclic amines) is 1. The number of nitrogens with zero attached hydrogens (tertiary/aromatic N) is 1. The Morgan fingerprint density at radius 2 is 1.86 bits per heavy atom. The van der Waals surface area contributed by atoms with Crippen molar-refractivity contribution in [3.8, 4) is 5.75 Å². The topological polar surface area (TPSA) is 41.6 Å². The van der Waals surface area contributed by atoms with E-state index in [0.29, 0.717) is 13.1 Å². The van der Waals surface area contributed by atoms with Crippen LogP contribution in [-0.4, -0.2) is 30.4 Å². The zero-order chi connectivity index (χ0) is 15.5. The first-order valence-electron chi connectivity index (χ1n) is 6.46. The number of carbonyl (C=O) groups excluding carboxylic acids is 1. The SMILES string of the molecule is O=C(Nc1ccc(OC(F)(F)F)c(F)c1)N1CCCCC1. The van der Waals surface area contributed by atoms with Gasteiger partial charge in [0.15, 0.2) is 11.6 Å². The maximum absolute atomic E-state index is 13.5. The molecule has 1 aliphatic rings. The summed E-state index contributed by atoms with van der Waals surface area (Å²) in [6, 6.07) is 2.39. The summed E-state index contributed by atoms with van der Waals surface area (Å²) in [5.41, 5.74) is 0.0811. The Kier molecular flexibility index (Phi) is 4.54. The van der Waals surface area contributed by atoms with Gasteiger partial charge < -0.3 is 15.0 Å². The minimum atomic E-state index is -4.96. The molecule has 0 aromatic heterocycles. The molecular formula is C13H14F4N2O2. The fourth-order valence-corrected chi connectivity index (χ4v) is 2.09. The lowest BCUT2D eigenvalue weighted by molar-refractivity contribution is -0.275. The van der Waals surface area contributed by atoms with E-state index in [0.717, 1.165) is 37.5 Å². The molecule has 4 nitrogen and oxygen atoms in total. The third-order valence-electron chi connectivity index (χ3n) is 3.05. The number of rotatable bonds is 2. The molecule has 0 aliphatic carbocycles. The smallest absolute Gasteiger partial charge is 0.403 e. The monoisotopic (exact) mass is 306 g/mol. The van der Waals surface area contributed by atoms with Gasteiger partial charge in [-0.3, -0.25) is 0 Å². The van der Waals surface area contributed by atoms with E-state index >= 15 is 0 Å². The van der Waals surface area contributed by atoms with E-state index < -0.39 is 24.0 Å². The van der Waals surface area contributed by atoms with Crippen LogP contribution in [0.25, 0.3) is 0 Å². The molecule has 1 aromatic rings. The van der Waals surface area contributed by atoms with Crippen LogP contribution in [0.1, 0.15) is 19.3 Å². The summed E-state index contributed by atoms with van der Waals surface area (Å²) in [7, 11) is 0. The Morgan fingerprint density at radius 1 is 1.19 bits per heavy atom. The maximum atomic E-state index is 13.5. The van der Waals surface area contributed by atoms with Crippen LogP contribution in [0.5, 0.6) is 5.75 Å². The lowest BCUT2D eigenvalue weighted by Crippen LogP contribution is -2.38. The van der Waals surface area contributed by atoms with Crippen molar-refractivity contribution in [1.29, 1.82) is 0 Å². The second kappa shape index (κ2) is 6.19. The molecule has 2 rings (SSSR count). The van der Waals surface area contributed by atoms with Crippen LogP contribution in [0.15, 0.2) is 18.2 Å². The molecule has 0 saturated carbocycles. The van der Waals surface area contributed by atoms with Gasteiger partial charge in [-0.25, -0.2) is 9.18 Å². The highest BCUT2D eigenvalue weighted by atomic mass is 19.4. The predicted molar refractivity (Wildman–Crippen MR) is 67.5 cm³/mol. The number of benzene rings is 1. The summed E-state index contributed by atoms with van der Waals surface area (Å²) in [4.78, 5) is 13.5. The predicted octanol–water partition coefficient (Wildman–Crippen LogP) is 3.74. The van der Waals surface area contributed by atoms with Crippen molar-refractivity contribution in [2.45, 2.75) is 25.6 Å². The lowest BCUT2D eigenvalue weighted by Gasteiger charge is -2.26. The minimum Gasteiger partial charge on any atom is -0.403 e. The van der Waals surface area contributed by atoms with Gasteiger partial charge in [-0.1, -0.05) is 0 Å². The molecule has 1 heterocycles. The molecule has 2 amide bonds. The van der Waals surface area contributed by atoms with E-state index in [9.17, 15) is 22.4 Å². The molecule has 1 aromatic carbocycles. The first-order valence-corrected chi connectivity index (χ1v) is 6.46. The Bertz CT molecular complexity index is 513. The van der Waals surface area contributed by atoms with E-state index in [1.165, 1.54) is 0 Å². The number of hydrogen-bond acceptors (Lipinski definition) is 2. The van der Waals surface area contributed by atoms with Gasteiger partial charge in [0.05, 0.1) is 0 Å². The van der Waals surface area contributed by atoms with Crippen LogP contribution in [0.3, 0.4) is 0 Å². The summed E-state index contributed by atoms with van der Waals surface area (Å²) in [6.45, 7) is 1.23. The van der Waals surface area contributed by atoms with Gasteiger partial charge in [-0.05, 0) is 31.4 Å². The average Bonchev–Trinajstić information content (AvgIpc) is 2.41. The molecule has 1 aliphatic heterocycles. The summed E-state index contributed by atoms with van der Waals surface area (Å²) in [5.74, 6) is -2.12. The number of urea groups is 1. The number of nitrogens with one attached hydrogen (secondary N) is 1. The van der Waals surface area contributed by atoms with E-state index in [-0.39, 0.29) is 5.69 Å². The van der Waals surface area contributed by atoms with Gasteiger partial charge in [0.1, 0.15) is 0 Å². The lowest BCUT2D eigenvalue weighted by atomic mass is 10.1. The number of ether oxygens (including phenoxy) is 1. The number of amides is 2. The van der Waals surface area contributed by atoms with Gasteiger partial charge in [0, 0.05) is 24.8 Å². The Labute approximate surface area is 118 Å². The molecule has 21 heavy (non-hydrogen) atoms. The summed E-state index contributed by atoms with van der Waals surface area (Å²) >= 11 is 0. The second-order valence-electron chi connectivity index (χ2n) is 4.67. The van der Waals surface area contributed by atoms with Crippen molar-refractivity contribution in [3.05, 3.63) is 24.0 Å². The second-order valence-corrected chi connectivity index (χ2v) is 4.67. The normalized spacial score (nSPS) is 15.7. The number of alkyl halides is 3. The first-order chi connectivity index (χ1) is 9.85. The maximum Gasteiger partial charge on any atom is 0.573 e. The highest BCUT2D eigenvalue weighted by molar-refractivity contribution is 5.89. The van der Waals surface area contributed by atoms with Crippen molar-refractivity contribution >= 4 is 11.7 Å². The van der Waals surface area contributed by atoms with E-state index in [4.69, 9.17) is 0 Å². The van der Waals surface area contributed by atoms with E-state index in [2.05, 4.69) is 10.1 Å². The number of anilines is 1. The number of piperidine rings is 1. The Balaban J connectivity index is 2.01. The third kappa shape index (κ3) is 4.51. The Hall–Kier alpha value is -1.99. The fraction of sp³-hybridized carbons (Fsp3) is 0.462. The molecule has 1 fully saturated rings. The van der Waals surface area contributed by atoms with Crippen LogP contribution < -0.4 is 10.1 Å². The van der Waals surface area contributed by atoms with Crippen molar-refractivity contribution in [2.75, 3.05) is 18.4 Å². The van der Waals surface area contributed by atoms with Crippen LogP contribution in [0.4, 0.5) is 28.0 Å². The van der Waals surface area contributed by atoms with Gasteiger partial charge in [-0.2, -0.15) is 0 Å². The van der Waals surface area contributed by atoms with Crippen molar-refractivity contribution in [2.24, 2.45) is 0 Å². The summed E-state index contributed by atoms with van der Waals surface area (Å²) < 4.78 is 53.0. The van der Waals surface area contributed by atoms with Crippen molar-refractivity contribution < 1.29 is 27.1 Å². The van der Waals surface area contributed by atoms with Gasteiger partial charge in [0.2, 0.25) is 0 Å². The number of carbonyl (C=O) groups is 1. The first kappa shape index (κ1) is 15.4. The highest BCUT2D eigenvalue weighted by Gasteiger charge is 2.32. The van der Waals surface area contributed by atoms with E-state index in [1.807, 2.05) is 0 Å². The zero-order valence-electron chi connectivity index (χ0n) is 11.0. The molecule has 0 atom stereocenters. The van der Waals surface area contributed by atoms with E-state index in [1.54, 1.807) is 4.90 Å². The van der Waals surface area contributed by atoms with Gasteiger partial charge in [0.25, 0.3) is 0 Å². The van der Waals surface area contributed by atoms with Gasteiger partial charge in [-0.15, -0.1) is 13.2 Å². The van der Waals surface area contributed by atoms with Crippen LogP contribution in [-0.2, 0) is 0 Å². The molecule has 116 valence electrons. The zero-order valence-corrected chi connectivity index (χ0v) is 11.0. The molecular weight excluding hydrogens is 292 g/mol. The molecule has 1 saturated heterocycles. The third-order valence-corrected chi connectivity index (χ3v) is 3.05. The molecule has 0 spiro atoms. The van der Waals surface area contributed by atoms with Crippen LogP contribution in [0, 0.1) is 5.82 Å². The quantitative estimate of drug-likeness (QED) is 0.846. The number of halogens is 4. The standard InChI is InChI=1S/C13H14F4N2O2/c14-10-8-9(4-5-11(10)21-13(15,16)17)18-12(20)19-6-2-1-3-7-19/h4-5,8H,1-3,6-7H2,(H,18,20). The van der Waals surface area contributed by atoms with Crippen molar-refractivity contribution in [1.82, 2.24) is 4.90 Å². The van der Waals surface area contributed by atoms with Crippen LogP contribution in [0.2, 0.25) is 0 Å². The molecule has 0 bridgehead atoms. The summed E-state index contributed by atoms with van der Waals surface area (Å²) in [6.07, 6.45) is -2.10. The number of hydrogen-bond donors (Lipinski definition) is 1. The van der Waals surface area contributed by atoms with Crippen molar-refractivity contribution in [3.63, 3.8) is 0 Å². The Morgan fingerprint density at radius 3 is 2.43 bits per heavy atom. The molecule has 0 radical (unpaired) electrons. The largest absolute Gasteiger partial charge is 0.573 e. The molecule has 8 heteroatoms. The minimum absolute atomic E-state index is 0.0811. The van der Waals surface area contributed by atoms with Crippen LogP contribution >= 0.6 is 0 Å². The fourth-order valence-electron chi connectivity index (χ4n) is 2.09. The highest BCUT2D eigenvalue weighted by Crippen LogP contribution is 2.27. The molecule has 1 N–H and O–H groups in total. The average molecular weight is 306 g/mol. The summed E-state index contributed by atoms with van der Waals surface area (Å²) in [5, 5.41) is 2.45. The van der Waals surface area contributed by atoms with Gasteiger partial charge >= 0.3 is 12.4 Å². The molecule has 0 unspecified atom stereocenters.